The van der Waals surface area contributed by atoms with E-state index in [1.54, 1.807) is 17.7 Å². The Bertz CT molecular complexity index is 1170. The molecule has 0 fully saturated rings. The molecule has 0 aliphatic carbocycles. The highest BCUT2D eigenvalue weighted by molar-refractivity contribution is 7.89. The number of imidazole rings is 1. The molecule has 170 valence electrons. The number of aryl methyl sites for hydroxylation is 1. The summed E-state index contributed by atoms with van der Waals surface area (Å²) >= 11 is 0. The van der Waals surface area contributed by atoms with Gasteiger partial charge in [0, 0.05) is 43.4 Å². The quantitative estimate of drug-likeness (QED) is 0.496. The summed E-state index contributed by atoms with van der Waals surface area (Å²) in [6.45, 7) is 7.71. The number of allylic oxidation sites excluding steroid dienone is 3. The largest absolute Gasteiger partial charge is 0.492 e. The zero-order valence-corrected chi connectivity index (χ0v) is 19.7. The molecule has 7 nitrogen and oxygen atoms in total. The Labute approximate surface area is 190 Å². The Hall–Kier alpha value is -2.86. The summed E-state index contributed by atoms with van der Waals surface area (Å²) in [4.78, 5) is 3.94. The van der Waals surface area contributed by atoms with Gasteiger partial charge in [0.2, 0.25) is 0 Å². The van der Waals surface area contributed by atoms with E-state index in [0.717, 1.165) is 22.4 Å². The zero-order chi connectivity index (χ0) is 23.4. The molecule has 0 amide bonds. The lowest BCUT2D eigenvalue weighted by Crippen LogP contribution is -2.36. The molecule has 0 radical (unpaired) electrons. The third-order valence-corrected chi connectivity index (χ3v) is 6.94. The van der Waals surface area contributed by atoms with Crippen molar-refractivity contribution in [2.45, 2.75) is 38.4 Å². The van der Waals surface area contributed by atoms with Crippen molar-refractivity contribution in [1.29, 1.82) is 0 Å². The molecule has 32 heavy (non-hydrogen) atoms. The van der Waals surface area contributed by atoms with E-state index in [1.807, 2.05) is 31.2 Å². The molecule has 1 unspecified atom stereocenters. The smallest absolute Gasteiger partial charge is 0.259 e. The highest BCUT2D eigenvalue weighted by Crippen LogP contribution is 2.44. The third kappa shape index (κ3) is 5.13. The number of nitrogens with one attached hydrogen (secondary N) is 2. The van der Waals surface area contributed by atoms with Crippen LogP contribution in [0.25, 0.3) is 0 Å². The van der Waals surface area contributed by atoms with Crippen molar-refractivity contribution in [3.63, 3.8) is 0 Å². The topological polar surface area (TPSA) is 85.3 Å². The molecule has 2 aromatic rings. The van der Waals surface area contributed by atoms with E-state index in [-0.39, 0.29) is 23.0 Å². The van der Waals surface area contributed by atoms with E-state index in [9.17, 15) is 8.42 Å². The van der Waals surface area contributed by atoms with Gasteiger partial charge >= 0.3 is 0 Å². The number of nitrogens with zero attached hydrogens (tertiary/aromatic N) is 2. The SMILES string of the molecule is C#C/C=C\C(=C/C)C(C)(C)C1NCCOc2ccc(CNS(=O)(=O)c3cn(C)cn3)cc21. The number of sulfonamides is 1. The zero-order valence-electron chi connectivity index (χ0n) is 18.9. The van der Waals surface area contributed by atoms with Crippen molar-refractivity contribution in [2.24, 2.45) is 12.5 Å². The van der Waals surface area contributed by atoms with Crippen LogP contribution in [0.15, 0.2) is 59.6 Å². The highest BCUT2D eigenvalue weighted by atomic mass is 32.2. The van der Waals surface area contributed by atoms with E-state index in [4.69, 9.17) is 11.2 Å². The highest BCUT2D eigenvalue weighted by Gasteiger charge is 2.36. The van der Waals surface area contributed by atoms with Crippen molar-refractivity contribution in [3.8, 4) is 18.1 Å². The van der Waals surface area contributed by atoms with E-state index in [1.165, 1.54) is 12.5 Å². The number of ether oxygens (including phenoxy) is 1. The second-order valence-electron chi connectivity index (χ2n) is 8.28. The van der Waals surface area contributed by atoms with Crippen LogP contribution in [0, 0.1) is 17.8 Å². The molecule has 1 atom stereocenters. The molecule has 0 bridgehead atoms. The average molecular weight is 455 g/mol. The van der Waals surface area contributed by atoms with Crippen LogP contribution in [-0.4, -0.2) is 31.1 Å². The van der Waals surface area contributed by atoms with E-state index in [0.29, 0.717) is 13.2 Å². The minimum Gasteiger partial charge on any atom is -0.492 e. The van der Waals surface area contributed by atoms with Gasteiger partial charge in [0.05, 0.1) is 6.33 Å². The molecular formula is C24H30N4O3S. The first-order valence-electron chi connectivity index (χ1n) is 10.4. The van der Waals surface area contributed by atoms with Crippen LogP contribution in [0.5, 0.6) is 5.75 Å². The van der Waals surface area contributed by atoms with Crippen molar-refractivity contribution >= 4 is 10.0 Å². The van der Waals surface area contributed by atoms with Crippen LogP contribution in [0.2, 0.25) is 0 Å². The summed E-state index contributed by atoms with van der Waals surface area (Å²) in [6.07, 6.45) is 14.1. The monoisotopic (exact) mass is 454 g/mol. The molecule has 0 saturated heterocycles. The summed E-state index contributed by atoms with van der Waals surface area (Å²) in [5.74, 6) is 3.35. The normalized spacial score (nSPS) is 17.5. The maximum atomic E-state index is 12.6. The van der Waals surface area contributed by atoms with Gasteiger partial charge in [-0.25, -0.2) is 18.1 Å². The Morgan fingerprint density at radius 2 is 2.25 bits per heavy atom. The fourth-order valence-electron chi connectivity index (χ4n) is 3.95. The number of rotatable bonds is 7. The van der Waals surface area contributed by atoms with Gasteiger partial charge < -0.3 is 14.6 Å². The Balaban J connectivity index is 1.91. The van der Waals surface area contributed by atoms with Gasteiger partial charge in [-0.1, -0.05) is 38.0 Å². The maximum absolute atomic E-state index is 12.6. The first kappa shape index (κ1) is 23.8. The van der Waals surface area contributed by atoms with Crippen molar-refractivity contribution in [1.82, 2.24) is 19.6 Å². The number of fused-ring (bicyclic) bond motifs is 1. The van der Waals surface area contributed by atoms with Crippen LogP contribution in [0.1, 0.15) is 37.9 Å². The minimum absolute atomic E-state index is 0.00297. The summed E-state index contributed by atoms with van der Waals surface area (Å²) in [5, 5.41) is 3.59. The molecule has 2 N–H and O–H groups in total. The van der Waals surface area contributed by atoms with Crippen LogP contribution >= 0.6 is 0 Å². The lowest BCUT2D eigenvalue weighted by Gasteiger charge is -2.36. The van der Waals surface area contributed by atoms with Crippen LogP contribution < -0.4 is 14.8 Å². The second kappa shape index (κ2) is 9.74. The Morgan fingerprint density at radius 3 is 2.91 bits per heavy atom. The summed E-state index contributed by atoms with van der Waals surface area (Å²) < 4.78 is 35.3. The molecule has 1 aromatic heterocycles. The fraction of sp³-hybridized carbons (Fsp3) is 0.375. The van der Waals surface area contributed by atoms with E-state index < -0.39 is 10.0 Å². The predicted octanol–water partition coefficient (Wildman–Crippen LogP) is 3.08. The summed E-state index contributed by atoms with van der Waals surface area (Å²) in [6, 6.07) is 5.73. The second-order valence-corrected chi connectivity index (χ2v) is 9.99. The number of hydrogen-bond donors (Lipinski definition) is 2. The third-order valence-electron chi connectivity index (χ3n) is 5.65. The number of benzene rings is 1. The van der Waals surface area contributed by atoms with E-state index in [2.05, 4.69) is 40.9 Å². The molecule has 1 aliphatic heterocycles. The van der Waals surface area contributed by atoms with Gasteiger partial charge in [0.25, 0.3) is 10.0 Å². The van der Waals surface area contributed by atoms with Crippen LogP contribution in [0.3, 0.4) is 0 Å². The molecule has 8 heteroatoms. The van der Waals surface area contributed by atoms with Gasteiger partial charge in [-0.05, 0) is 36.3 Å². The summed E-state index contributed by atoms with van der Waals surface area (Å²) in [5.41, 5.74) is 2.62. The Kier molecular flexibility index (Phi) is 7.24. The first-order chi connectivity index (χ1) is 15.2. The average Bonchev–Trinajstić information content (AvgIpc) is 3.09. The predicted molar refractivity (Wildman–Crippen MR) is 125 cm³/mol. The van der Waals surface area contributed by atoms with Crippen molar-refractivity contribution in [2.75, 3.05) is 13.2 Å². The molecule has 2 heterocycles. The Morgan fingerprint density at radius 1 is 1.47 bits per heavy atom. The molecule has 0 saturated carbocycles. The van der Waals surface area contributed by atoms with E-state index >= 15 is 0 Å². The maximum Gasteiger partial charge on any atom is 0.259 e. The molecule has 0 spiro atoms. The molecule has 1 aliphatic rings. The van der Waals surface area contributed by atoms with Gasteiger partial charge in [-0.3, -0.25) is 0 Å². The van der Waals surface area contributed by atoms with Gasteiger partial charge in [0.15, 0.2) is 5.03 Å². The van der Waals surface area contributed by atoms with Gasteiger partial charge in [0.1, 0.15) is 12.4 Å². The lowest BCUT2D eigenvalue weighted by molar-refractivity contribution is 0.294. The fourth-order valence-corrected chi connectivity index (χ4v) is 4.95. The number of hydrogen-bond acceptors (Lipinski definition) is 5. The number of terminal acetylenes is 1. The van der Waals surface area contributed by atoms with Gasteiger partial charge in [-0.15, -0.1) is 6.42 Å². The lowest BCUT2D eigenvalue weighted by atomic mass is 9.73. The van der Waals surface area contributed by atoms with Crippen LogP contribution in [0.4, 0.5) is 0 Å². The van der Waals surface area contributed by atoms with Gasteiger partial charge in [-0.2, -0.15) is 0 Å². The van der Waals surface area contributed by atoms with Crippen LogP contribution in [-0.2, 0) is 23.6 Å². The number of aromatic nitrogens is 2. The minimum atomic E-state index is -3.70. The van der Waals surface area contributed by atoms with Crippen molar-refractivity contribution < 1.29 is 13.2 Å². The summed E-state index contributed by atoms with van der Waals surface area (Å²) in [7, 11) is -1.97. The molecule has 1 aromatic carbocycles. The first-order valence-corrected chi connectivity index (χ1v) is 11.9. The molecule has 3 rings (SSSR count). The molecular weight excluding hydrogens is 424 g/mol. The standard InChI is InChI=1S/C24H30N4O3S/c1-6-8-9-19(7-2)24(3,4)23-20-14-18(10-11-21(20)31-13-12-25-23)15-27-32(29,30)22-16-28(5)17-26-22/h1,7-11,14,16-17,23,25,27H,12-13,15H2,2-5H3/b9-8-,19-7+. The van der Waals surface area contributed by atoms with Crippen molar-refractivity contribution in [3.05, 3.63) is 65.7 Å².